The van der Waals surface area contributed by atoms with Gasteiger partial charge in [0.1, 0.15) is 4.88 Å². The molecule has 0 amide bonds. The molecule has 0 fully saturated rings. The van der Waals surface area contributed by atoms with Crippen LogP contribution in [-0.2, 0) is 0 Å². The van der Waals surface area contributed by atoms with Crippen molar-refractivity contribution in [2.45, 2.75) is 6.92 Å². The molecule has 2 aromatic heterocycles. The van der Waals surface area contributed by atoms with Crippen LogP contribution < -0.4 is 0 Å². The first-order chi connectivity index (χ1) is 7.18. The molecule has 0 aliphatic heterocycles. The molecule has 2 heterocycles. The number of pyridine rings is 1. The molecule has 0 bridgehead atoms. The van der Waals surface area contributed by atoms with Crippen molar-refractivity contribution in [1.82, 2.24) is 4.98 Å². The largest absolute Gasteiger partial charge is 0.289 e. The Labute approximate surface area is 90.4 Å². The summed E-state index contributed by atoms with van der Waals surface area (Å²) < 4.78 is 0. The minimum atomic E-state index is -0.379. The maximum atomic E-state index is 10.7. The Morgan fingerprint density at radius 3 is 2.87 bits per heavy atom. The Hall–Kier alpha value is -1.75. The average Bonchev–Trinajstić information content (AvgIpc) is 2.65. The molecule has 0 aliphatic carbocycles. The number of rotatable bonds is 2. The second-order valence-corrected chi connectivity index (χ2v) is 3.97. The summed E-state index contributed by atoms with van der Waals surface area (Å²) in [5, 5.41) is 12.4. The lowest BCUT2D eigenvalue weighted by Gasteiger charge is -1.98. The summed E-state index contributed by atoms with van der Waals surface area (Å²) >= 11 is 1.34. The van der Waals surface area contributed by atoms with Crippen molar-refractivity contribution in [1.29, 1.82) is 0 Å². The summed E-state index contributed by atoms with van der Waals surface area (Å²) in [7, 11) is 0. The molecule has 0 radical (unpaired) electrons. The maximum Gasteiger partial charge on any atom is 0.289 e. The number of hydrogen-bond donors (Lipinski definition) is 0. The zero-order valence-electron chi connectivity index (χ0n) is 8.01. The maximum absolute atomic E-state index is 10.7. The van der Waals surface area contributed by atoms with Gasteiger partial charge >= 0.3 is 0 Å². The van der Waals surface area contributed by atoms with E-state index in [2.05, 4.69) is 4.98 Å². The van der Waals surface area contributed by atoms with Crippen molar-refractivity contribution in [3.63, 3.8) is 0 Å². The number of nitro groups is 1. The first-order valence-corrected chi connectivity index (χ1v) is 5.22. The molecule has 15 heavy (non-hydrogen) atoms. The highest BCUT2D eigenvalue weighted by molar-refractivity contribution is 7.14. The predicted octanol–water partition coefficient (Wildman–Crippen LogP) is 3.03. The van der Waals surface area contributed by atoms with Gasteiger partial charge in [0.2, 0.25) is 0 Å². The van der Waals surface area contributed by atoms with Gasteiger partial charge in [0.05, 0.1) is 10.6 Å². The zero-order valence-corrected chi connectivity index (χ0v) is 8.82. The van der Waals surface area contributed by atoms with Crippen LogP contribution in [0.4, 0.5) is 5.69 Å². The predicted molar refractivity (Wildman–Crippen MR) is 58.9 cm³/mol. The molecule has 4 nitrogen and oxygen atoms in total. The van der Waals surface area contributed by atoms with Crippen LogP contribution in [0.1, 0.15) is 5.69 Å². The van der Waals surface area contributed by atoms with Gasteiger partial charge in [-0.15, -0.1) is 11.3 Å². The van der Waals surface area contributed by atoms with Crippen molar-refractivity contribution >= 4 is 17.0 Å². The van der Waals surface area contributed by atoms with Crippen LogP contribution in [0.3, 0.4) is 0 Å². The fraction of sp³-hybridized carbons (Fsp3) is 0.100. The van der Waals surface area contributed by atoms with Gasteiger partial charge in [-0.05, 0) is 24.4 Å². The van der Waals surface area contributed by atoms with Crippen LogP contribution in [0.5, 0.6) is 0 Å². The average molecular weight is 220 g/mol. The summed E-state index contributed by atoms with van der Waals surface area (Å²) in [6, 6.07) is 7.00. The molecule has 0 atom stereocenters. The fourth-order valence-electron chi connectivity index (χ4n) is 1.31. The molecule has 0 N–H and O–H groups in total. The fourth-order valence-corrected chi connectivity index (χ4v) is 2.14. The molecule has 0 aromatic carbocycles. The van der Waals surface area contributed by atoms with E-state index in [0.717, 1.165) is 5.69 Å². The van der Waals surface area contributed by atoms with Crippen LogP contribution in [0.25, 0.3) is 10.6 Å². The van der Waals surface area contributed by atoms with Gasteiger partial charge in [0.25, 0.3) is 5.69 Å². The van der Waals surface area contributed by atoms with Crippen LogP contribution in [0.15, 0.2) is 29.6 Å². The molecule has 0 aliphatic rings. The van der Waals surface area contributed by atoms with Gasteiger partial charge < -0.3 is 0 Å². The first kappa shape index (κ1) is 9.79. The van der Waals surface area contributed by atoms with Gasteiger partial charge in [0, 0.05) is 11.8 Å². The van der Waals surface area contributed by atoms with E-state index in [1.54, 1.807) is 11.4 Å². The molecular weight excluding hydrogens is 212 g/mol. The number of nitrogens with zero attached hydrogens (tertiary/aromatic N) is 2. The minimum Gasteiger partial charge on any atom is -0.258 e. The molecule has 0 saturated heterocycles. The molecule has 0 spiro atoms. The van der Waals surface area contributed by atoms with Crippen molar-refractivity contribution in [2.75, 3.05) is 0 Å². The molecule has 2 aromatic rings. The third kappa shape index (κ3) is 1.87. The van der Waals surface area contributed by atoms with Gasteiger partial charge in [-0.25, -0.2) is 0 Å². The Morgan fingerprint density at radius 1 is 1.40 bits per heavy atom. The van der Waals surface area contributed by atoms with Crippen molar-refractivity contribution in [3.8, 4) is 10.6 Å². The summed E-state index contributed by atoms with van der Waals surface area (Å²) in [5.74, 6) is 0. The van der Waals surface area contributed by atoms with Crippen LogP contribution >= 0.6 is 11.3 Å². The lowest BCUT2D eigenvalue weighted by molar-refractivity contribution is -0.383. The Bertz CT molecular complexity index is 508. The van der Waals surface area contributed by atoms with Crippen LogP contribution in [0.2, 0.25) is 0 Å². The van der Waals surface area contributed by atoms with Gasteiger partial charge in [-0.1, -0.05) is 6.07 Å². The minimum absolute atomic E-state index is 0.123. The van der Waals surface area contributed by atoms with E-state index in [4.69, 9.17) is 0 Å². The second kappa shape index (κ2) is 3.78. The Kier molecular flexibility index (Phi) is 2.47. The molecule has 2 rings (SSSR count). The second-order valence-electron chi connectivity index (χ2n) is 3.06. The lowest BCUT2D eigenvalue weighted by atomic mass is 10.2. The summed E-state index contributed by atoms with van der Waals surface area (Å²) in [6.45, 7) is 1.86. The smallest absolute Gasteiger partial charge is 0.258 e. The van der Waals surface area contributed by atoms with Crippen LogP contribution in [-0.4, -0.2) is 9.91 Å². The van der Waals surface area contributed by atoms with E-state index >= 15 is 0 Å². The number of aromatic nitrogens is 1. The monoisotopic (exact) mass is 220 g/mol. The first-order valence-electron chi connectivity index (χ1n) is 4.34. The van der Waals surface area contributed by atoms with Crippen molar-refractivity contribution in [3.05, 3.63) is 45.5 Å². The molecule has 76 valence electrons. The zero-order chi connectivity index (χ0) is 10.8. The highest BCUT2D eigenvalue weighted by Gasteiger charge is 2.17. The topological polar surface area (TPSA) is 56.0 Å². The number of hydrogen-bond acceptors (Lipinski definition) is 4. The van der Waals surface area contributed by atoms with Gasteiger partial charge in [-0.2, -0.15) is 0 Å². The van der Waals surface area contributed by atoms with Gasteiger partial charge in [-0.3, -0.25) is 15.1 Å². The summed E-state index contributed by atoms with van der Waals surface area (Å²) in [4.78, 5) is 15.2. The van der Waals surface area contributed by atoms with E-state index < -0.39 is 0 Å². The van der Waals surface area contributed by atoms with E-state index in [0.29, 0.717) is 10.6 Å². The summed E-state index contributed by atoms with van der Waals surface area (Å²) in [5.41, 5.74) is 1.64. The highest BCUT2D eigenvalue weighted by atomic mass is 32.1. The molecule has 0 unspecified atom stereocenters. The van der Waals surface area contributed by atoms with Crippen molar-refractivity contribution < 1.29 is 4.92 Å². The van der Waals surface area contributed by atoms with E-state index in [1.807, 2.05) is 19.1 Å². The number of thiophene rings is 1. The number of aryl methyl sites for hydroxylation is 1. The standard InChI is InChI=1S/C10H8N2O2S/c1-7-3-2-4-8(11-7)10-9(12(13)14)5-6-15-10/h2-6H,1H3. The van der Waals surface area contributed by atoms with E-state index in [1.165, 1.54) is 17.4 Å². The Morgan fingerprint density at radius 2 is 2.20 bits per heavy atom. The molecule has 0 saturated carbocycles. The SMILES string of the molecule is Cc1cccc(-c2sccc2[N+](=O)[O-])n1. The van der Waals surface area contributed by atoms with E-state index in [9.17, 15) is 10.1 Å². The molecular formula is C10H8N2O2S. The lowest BCUT2D eigenvalue weighted by Crippen LogP contribution is -1.90. The van der Waals surface area contributed by atoms with E-state index in [-0.39, 0.29) is 10.6 Å². The Balaban J connectivity index is 2.54. The third-order valence-corrected chi connectivity index (χ3v) is 2.89. The van der Waals surface area contributed by atoms with Crippen molar-refractivity contribution in [2.24, 2.45) is 0 Å². The molecule has 5 heteroatoms. The quantitative estimate of drug-likeness (QED) is 0.577. The van der Waals surface area contributed by atoms with Gasteiger partial charge in [0.15, 0.2) is 0 Å². The third-order valence-electron chi connectivity index (χ3n) is 1.96. The normalized spacial score (nSPS) is 10.2. The summed E-state index contributed by atoms with van der Waals surface area (Å²) in [6.07, 6.45) is 0. The highest BCUT2D eigenvalue weighted by Crippen LogP contribution is 2.33. The van der Waals surface area contributed by atoms with Crippen LogP contribution in [0, 0.1) is 17.0 Å².